The van der Waals surface area contributed by atoms with Gasteiger partial charge in [0, 0.05) is 19.2 Å². The van der Waals surface area contributed by atoms with Crippen LogP contribution in [-0.2, 0) is 6.54 Å². The molecule has 0 unspecified atom stereocenters. The summed E-state index contributed by atoms with van der Waals surface area (Å²) in [5.74, 6) is 1.59. The Morgan fingerprint density at radius 1 is 1.18 bits per heavy atom. The molecule has 2 aromatic rings. The Hall–Kier alpha value is -1.98. The van der Waals surface area contributed by atoms with Crippen molar-refractivity contribution in [1.82, 2.24) is 24.7 Å². The molecule has 0 fully saturated rings. The van der Waals surface area contributed by atoms with Gasteiger partial charge >= 0.3 is 0 Å². The summed E-state index contributed by atoms with van der Waals surface area (Å²) in [6.45, 7) is 5.81. The lowest BCUT2D eigenvalue weighted by atomic mass is 10.3. The van der Waals surface area contributed by atoms with Gasteiger partial charge in [0.1, 0.15) is 24.2 Å². The first-order valence-electron chi connectivity index (χ1n) is 5.79. The van der Waals surface area contributed by atoms with Crippen molar-refractivity contribution < 1.29 is 0 Å². The van der Waals surface area contributed by atoms with Crippen LogP contribution in [0.25, 0.3) is 11.5 Å². The third-order valence-corrected chi connectivity index (χ3v) is 2.31. The van der Waals surface area contributed by atoms with E-state index in [1.807, 2.05) is 17.7 Å². The van der Waals surface area contributed by atoms with E-state index >= 15 is 0 Å². The number of hydrogen-bond donors (Lipinski definition) is 1. The van der Waals surface area contributed by atoms with Gasteiger partial charge < -0.3 is 5.32 Å². The van der Waals surface area contributed by atoms with Crippen molar-refractivity contribution in [3.05, 3.63) is 18.7 Å². The van der Waals surface area contributed by atoms with E-state index in [4.69, 9.17) is 0 Å². The normalized spacial score (nSPS) is 10.5. The molecule has 2 aromatic heterocycles. The van der Waals surface area contributed by atoms with E-state index in [9.17, 15) is 0 Å². The standard InChI is InChI=1S/C11H16N6/c1-3-5-17-11(15-8-16-17)9-6-10(12-4-2)14-7-13-9/h6-8H,3-5H2,1-2H3,(H,12,13,14). The first-order valence-corrected chi connectivity index (χ1v) is 5.79. The predicted octanol–water partition coefficient (Wildman–Crippen LogP) is 1.58. The first kappa shape index (κ1) is 11.5. The lowest BCUT2D eigenvalue weighted by Gasteiger charge is -2.05. The van der Waals surface area contributed by atoms with Crippen molar-refractivity contribution in [3.63, 3.8) is 0 Å². The molecule has 0 aliphatic carbocycles. The number of rotatable bonds is 5. The number of aromatic nitrogens is 5. The topological polar surface area (TPSA) is 68.5 Å². The van der Waals surface area contributed by atoms with Crippen molar-refractivity contribution >= 4 is 5.82 Å². The number of aryl methyl sites for hydroxylation is 1. The second kappa shape index (κ2) is 5.38. The van der Waals surface area contributed by atoms with Crippen LogP contribution in [0, 0.1) is 0 Å². The third-order valence-electron chi connectivity index (χ3n) is 2.31. The molecule has 0 saturated carbocycles. The zero-order valence-corrected chi connectivity index (χ0v) is 10.1. The third kappa shape index (κ3) is 2.58. The largest absolute Gasteiger partial charge is 0.370 e. The van der Waals surface area contributed by atoms with Gasteiger partial charge in [0.2, 0.25) is 0 Å². The van der Waals surface area contributed by atoms with Gasteiger partial charge in [-0.1, -0.05) is 6.92 Å². The summed E-state index contributed by atoms with van der Waals surface area (Å²) in [4.78, 5) is 12.6. The van der Waals surface area contributed by atoms with Gasteiger partial charge in [0.15, 0.2) is 5.82 Å². The Morgan fingerprint density at radius 2 is 2.06 bits per heavy atom. The van der Waals surface area contributed by atoms with Gasteiger partial charge in [-0.25, -0.2) is 19.6 Å². The Labute approximate surface area is 100 Å². The fourth-order valence-electron chi connectivity index (χ4n) is 1.60. The van der Waals surface area contributed by atoms with E-state index < -0.39 is 0 Å². The van der Waals surface area contributed by atoms with Gasteiger partial charge in [-0.15, -0.1) is 0 Å². The van der Waals surface area contributed by atoms with Crippen molar-refractivity contribution in [2.24, 2.45) is 0 Å². The first-order chi connectivity index (χ1) is 8.35. The van der Waals surface area contributed by atoms with E-state index in [0.29, 0.717) is 0 Å². The van der Waals surface area contributed by atoms with Crippen molar-refractivity contribution in [2.75, 3.05) is 11.9 Å². The van der Waals surface area contributed by atoms with E-state index in [1.54, 1.807) is 6.33 Å². The number of anilines is 1. The minimum Gasteiger partial charge on any atom is -0.370 e. The fraction of sp³-hybridized carbons (Fsp3) is 0.455. The molecule has 1 N–H and O–H groups in total. The highest BCUT2D eigenvalue weighted by Crippen LogP contribution is 2.15. The predicted molar refractivity (Wildman–Crippen MR) is 65.5 cm³/mol. The molecule has 0 bridgehead atoms. The Bertz CT molecular complexity index is 478. The molecule has 90 valence electrons. The molecule has 0 spiro atoms. The minimum atomic E-state index is 0.786. The van der Waals surface area contributed by atoms with Gasteiger partial charge in [-0.3, -0.25) is 0 Å². The number of nitrogens with one attached hydrogen (secondary N) is 1. The summed E-state index contributed by atoms with van der Waals surface area (Å²) in [6.07, 6.45) is 4.11. The molecule has 2 heterocycles. The molecule has 0 aliphatic heterocycles. The average Bonchev–Trinajstić information content (AvgIpc) is 2.79. The zero-order valence-electron chi connectivity index (χ0n) is 10.1. The summed E-state index contributed by atoms with van der Waals surface area (Å²) >= 11 is 0. The average molecular weight is 232 g/mol. The van der Waals surface area contributed by atoms with Gasteiger partial charge in [0.25, 0.3) is 0 Å². The molecule has 0 amide bonds. The smallest absolute Gasteiger partial charge is 0.176 e. The molecule has 0 aliphatic rings. The van der Waals surface area contributed by atoms with Crippen LogP contribution in [0.1, 0.15) is 20.3 Å². The van der Waals surface area contributed by atoms with Crippen LogP contribution in [0.2, 0.25) is 0 Å². The van der Waals surface area contributed by atoms with Crippen LogP contribution in [0.4, 0.5) is 5.82 Å². The van der Waals surface area contributed by atoms with E-state index in [2.05, 4.69) is 32.3 Å². The quantitative estimate of drug-likeness (QED) is 0.847. The summed E-state index contributed by atoms with van der Waals surface area (Å²) in [7, 11) is 0. The van der Waals surface area contributed by atoms with Crippen LogP contribution in [-0.4, -0.2) is 31.3 Å². The fourth-order valence-corrected chi connectivity index (χ4v) is 1.60. The van der Waals surface area contributed by atoms with Crippen molar-refractivity contribution in [3.8, 4) is 11.5 Å². The molecule has 0 aromatic carbocycles. The molecule has 2 rings (SSSR count). The van der Waals surface area contributed by atoms with Gasteiger partial charge in [-0.2, -0.15) is 5.10 Å². The molecule has 0 radical (unpaired) electrons. The number of hydrogen-bond acceptors (Lipinski definition) is 5. The zero-order chi connectivity index (χ0) is 12.1. The van der Waals surface area contributed by atoms with Crippen molar-refractivity contribution in [1.29, 1.82) is 0 Å². The second-order valence-electron chi connectivity index (χ2n) is 3.63. The van der Waals surface area contributed by atoms with E-state index in [0.717, 1.165) is 36.8 Å². The molecular weight excluding hydrogens is 216 g/mol. The molecule has 6 nitrogen and oxygen atoms in total. The van der Waals surface area contributed by atoms with E-state index in [-0.39, 0.29) is 0 Å². The van der Waals surface area contributed by atoms with E-state index in [1.165, 1.54) is 6.33 Å². The molecule has 0 atom stereocenters. The van der Waals surface area contributed by atoms with Gasteiger partial charge in [-0.05, 0) is 13.3 Å². The van der Waals surface area contributed by atoms with Gasteiger partial charge in [0.05, 0.1) is 0 Å². The Kier molecular flexibility index (Phi) is 3.64. The van der Waals surface area contributed by atoms with Crippen LogP contribution in [0.3, 0.4) is 0 Å². The second-order valence-corrected chi connectivity index (χ2v) is 3.63. The molecular formula is C11H16N6. The Balaban J connectivity index is 2.31. The maximum atomic E-state index is 4.24. The monoisotopic (exact) mass is 232 g/mol. The molecule has 0 saturated heterocycles. The highest BCUT2D eigenvalue weighted by Gasteiger charge is 2.08. The van der Waals surface area contributed by atoms with Crippen LogP contribution >= 0.6 is 0 Å². The molecule has 6 heteroatoms. The molecule has 17 heavy (non-hydrogen) atoms. The van der Waals surface area contributed by atoms with Crippen molar-refractivity contribution in [2.45, 2.75) is 26.8 Å². The lowest BCUT2D eigenvalue weighted by molar-refractivity contribution is 0.606. The number of nitrogens with zero attached hydrogens (tertiary/aromatic N) is 5. The highest BCUT2D eigenvalue weighted by molar-refractivity contribution is 5.54. The van der Waals surface area contributed by atoms with Crippen LogP contribution < -0.4 is 5.32 Å². The maximum Gasteiger partial charge on any atom is 0.176 e. The summed E-state index contributed by atoms with van der Waals surface area (Å²) in [5.41, 5.74) is 0.793. The summed E-state index contributed by atoms with van der Waals surface area (Å²) < 4.78 is 1.86. The SMILES string of the molecule is CCCn1ncnc1-c1cc(NCC)ncn1. The lowest BCUT2D eigenvalue weighted by Crippen LogP contribution is -2.04. The maximum absolute atomic E-state index is 4.24. The summed E-state index contributed by atoms with van der Waals surface area (Å²) in [5, 5.41) is 7.34. The highest BCUT2D eigenvalue weighted by atomic mass is 15.3. The van der Waals surface area contributed by atoms with Crippen LogP contribution in [0.15, 0.2) is 18.7 Å². The Morgan fingerprint density at radius 3 is 2.82 bits per heavy atom. The summed E-state index contributed by atoms with van der Waals surface area (Å²) in [6, 6.07) is 1.89. The minimum absolute atomic E-state index is 0.786. The van der Waals surface area contributed by atoms with Crippen LogP contribution in [0.5, 0.6) is 0 Å².